The van der Waals surface area contributed by atoms with Crippen LogP contribution in [0.4, 0.5) is 0 Å². The second-order valence-electron chi connectivity index (χ2n) is 4.45. The fourth-order valence-corrected chi connectivity index (χ4v) is 2.69. The number of pyridine rings is 1. The van der Waals surface area contributed by atoms with Crippen LogP contribution >= 0.6 is 11.3 Å². The number of thiophene rings is 1. The predicted molar refractivity (Wildman–Crippen MR) is 79.3 cm³/mol. The minimum atomic E-state index is 0.0917. The maximum absolute atomic E-state index is 11.3. The number of aromatic nitrogens is 1. The molecule has 0 aliphatic rings. The summed E-state index contributed by atoms with van der Waals surface area (Å²) in [6, 6.07) is 4.39. The van der Waals surface area contributed by atoms with Crippen LogP contribution in [0.25, 0.3) is 10.2 Å². The van der Waals surface area contributed by atoms with Crippen LogP contribution in [0.2, 0.25) is 0 Å². The zero-order valence-corrected chi connectivity index (χ0v) is 12.1. The van der Waals surface area contributed by atoms with Crippen molar-refractivity contribution >= 4 is 27.5 Å². The lowest BCUT2D eigenvalue weighted by atomic mass is 10.1. The molecule has 2 aromatic rings. The Labute approximate surface area is 117 Å². The van der Waals surface area contributed by atoms with Gasteiger partial charge in [0, 0.05) is 31.7 Å². The summed E-state index contributed by atoms with van der Waals surface area (Å²) in [5.74, 6) is 0.0917. The van der Waals surface area contributed by atoms with Gasteiger partial charge in [-0.05, 0) is 36.9 Å². The first kappa shape index (κ1) is 14.0. The smallest absolute Gasteiger partial charge is 0.221 e. The van der Waals surface area contributed by atoms with Gasteiger partial charge in [-0.15, -0.1) is 11.3 Å². The third-order valence-corrected chi connectivity index (χ3v) is 3.85. The highest BCUT2D eigenvalue weighted by Gasteiger charge is 2.08. The highest BCUT2D eigenvalue weighted by atomic mass is 32.1. The normalized spacial score (nSPS) is 12.5. The average Bonchev–Trinajstić information content (AvgIpc) is 2.86. The molecule has 0 bridgehead atoms. The number of carbonyl (C=O) groups excluding carboxylic acids is 1. The van der Waals surface area contributed by atoms with Crippen LogP contribution in [-0.2, 0) is 4.79 Å². The molecule has 1 unspecified atom stereocenters. The summed E-state index contributed by atoms with van der Waals surface area (Å²) < 4.78 is 1.20. The summed E-state index contributed by atoms with van der Waals surface area (Å²) >= 11 is 1.70. The molecule has 19 heavy (non-hydrogen) atoms. The summed E-state index contributed by atoms with van der Waals surface area (Å²) in [6.45, 7) is 5.38. The standard InChI is InChI=1S/C14H19N3OS/c1-3-15-14(18)4-6-16-10(2)11-8-13-12(17-9-11)5-7-19-13/h5,7-10,16H,3-4,6H2,1-2H3,(H,15,18). The molecular weight excluding hydrogens is 258 g/mol. The van der Waals surface area contributed by atoms with Gasteiger partial charge in [-0.1, -0.05) is 0 Å². The van der Waals surface area contributed by atoms with Crippen molar-refractivity contribution in [1.29, 1.82) is 0 Å². The first-order valence-corrected chi connectivity index (χ1v) is 7.42. The maximum Gasteiger partial charge on any atom is 0.221 e. The van der Waals surface area contributed by atoms with Crippen molar-refractivity contribution in [2.24, 2.45) is 0 Å². The lowest BCUT2D eigenvalue weighted by molar-refractivity contribution is -0.120. The molecule has 102 valence electrons. The lowest BCUT2D eigenvalue weighted by Crippen LogP contribution is -2.28. The largest absolute Gasteiger partial charge is 0.356 e. The van der Waals surface area contributed by atoms with Crippen LogP contribution in [-0.4, -0.2) is 24.0 Å². The monoisotopic (exact) mass is 277 g/mol. The van der Waals surface area contributed by atoms with Gasteiger partial charge in [0.1, 0.15) is 0 Å². The van der Waals surface area contributed by atoms with Crippen molar-refractivity contribution in [3.63, 3.8) is 0 Å². The van der Waals surface area contributed by atoms with Crippen LogP contribution in [0.15, 0.2) is 23.7 Å². The third-order valence-electron chi connectivity index (χ3n) is 3.00. The number of carbonyl (C=O) groups is 1. The Kier molecular flexibility index (Phi) is 4.87. The maximum atomic E-state index is 11.3. The molecule has 2 rings (SSSR count). The highest BCUT2D eigenvalue weighted by Crippen LogP contribution is 2.22. The van der Waals surface area contributed by atoms with E-state index in [0.717, 1.165) is 11.1 Å². The Bertz CT molecular complexity index is 552. The topological polar surface area (TPSA) is 54.0 Å². The molecule has 2 N–H and O–H groups in total. The van der Waals surface area contributed by atoms with E-state index in [2.05, 4.69) is 34.0 Å². The van der Waals surface area contributed by atoms with Gasteiger partial charge in [0.05, 0.1) is 10.2 Å². The molecular formula is C14H19N3OS. The average molecular weight is 277 g/mol. The molecule has 2 aromatic heterocycles. The second-order valence-corrected chi connectivity index (χ2v) is 5.40. The van der Waals surface area contributed by atoms with E-state index in [-0.39, 0.29) is 11.9 Å². The van der Waals surface area contributed by atoms with E-state index in [1.807, 2.05) is 19.2 Å². The number of hydrogen-bond donors (Lipinski definition) is 2. The number of nitrogens with zero attached hydrogens (tertiary/aromatic N) is 1. The quantitative estimate of drug-likeness (QED) is 0.853. The van der Waals surface area contributed by atoms with E-state index in [9.17, 15) is 4.79 Å². The zero-order chi connectivity index (χ0) is 13.7. The molecule has 0 aliphatic carbocycles. The fourth-order valence-electron chi connectivity index (χ4n) is 1.90. The fraction of sp³-hybridized carbons (Fsp3) is 0.429. The van der Waals surface area contributed by atoms with Crippen molar-refractivity contribution in [1.82, 2.24) is 15.6 Å². The number of amides is 1. The number of fused-ring (bicyclic) bond motifs is 1. The molecule has 0 saturated carbocycles. The van der Waals surface area contributed by atoms with Gasteiger partial charge in [0.15, 0.2) is 0 Å². The van der Waals surface area contributed by atoms with Crippen LogP contribution in [0, 0.1) is 0 Å². The van der Waals surface area contributed by atoms with E-state index >= 15 is 0 Å². The molecule has 0 aliphatic heterocycles. The Morgan fingerprint density at radius 2 is 2.37 bits per heavy atom. The number of hydrogen-bond acceptors (Lipinski definition) is 4. The Morgan fingerprint density at radius 1 is 1.53 bits per heavy atom. The van der Waals surface area contributed by atoms with Crippen molar-refractivity contribution in [2.75, 3.05) is 13.1 Å². The van der Waals surface area contributed by atoms with E-state index in [1.54, 1.807) is 11.3 Å². The van der Waals surface area contributed by atoms with Crippen LogP contribution in [0.5, 0.6) is 0 Å². The molecule has 4 nitrogen and oxygen atoms in total. The minimum Gasteiger partial charge on any atom is -0.356 e. The summed E-state index contributed by atoms with van der Waals surface area (Å²) in [4.78, 5) is 15.8. The zero-order valence-electron chi connectivity index (χ0n) is 11.3. The van der Waals surface area contributed by atoms with Gasteiger partial charge in [0.25, 0.3) is 0 Å². The van der Waals surface area contributed by atoms with E-state index < -0.39 is 0 Å². The van der Waals surface area contributed by atoms with Crippen LogP contribution < -0.4 is 10.6 Å². The second kappa shape index (κ2) is 6.63. The van der Waals surface area contributed by atoms with E-state index in [0.29, 0.717) is 19.5 Å². The number of nitrogens with one attached hydrogen (secondary N) is 2. The summed E-state index contributed by atoms with van der Waals surface area (Å²) in [7, 11) is 0. The van der Waals surface area contributed by atoms with Crippen molar-refractivity contribution in [2.45, 2.75) is 26.3 Å². The highest BCUT2D eigenvalue weighted by molar-refractivity contribution is 7.17. The molecule has 0 spiro atoms. The molecule has 0 aromatic carbocycles. The molecule has 0 radical (unpaired) electrons. The first-order valence-electron chi connectivity index (χ1n) is 6.54. The number of rotatable bonds is 6. The molecule has 2 heterocycles. The van der Waals surface area contributed by atoms with Gasteiger partial charge in [-0.2, -0.15) is 0 Å². The third kappa shape index (κ3) is 3.75. The lowest BCUT2D eigenvalue weighted by Gasteiger charge is -2.13. The predicted octanol–water partition coefficient (Wildman–Crippen LogP) is 2.47. The van der Waals surface area contributed by atoms with E-state index in [4.69, 9.17) is 0 Å². The summed E-state index contributed by atoms with van der Waals surface area (Å²) in [6.07, 6.45) is 2.41. The molecule has 5 heteroatoms. The SMILES string of the molecule is CCNC(=O)CCNC(C)c1cnc2ccsc2c1. The Hall–Kier alpha value is -1.46. The summed E-state index contributed by atoms with van der Waals surface area (Å²) in [5, 5.41) is 8.19. The van der Waals surface area contributed by atoms with Crippen LogP contribution in [0.1, 0.15) is 31.9 Å². The minimum absolute atomic E-state index is 0.0917. The summed E-state index contributed by atoms with van der Waals surface area (Å²) in [5.41, 5.74) is 2.20. The van der Waals surface area contributed by atoms with Crippen molar-refractivity contribution < 1.29 is 4.79 Å². The van der Waals surface area contributed by atoms with E-state index in [1.165, 1.54) is 4.70 Å². The van der Waals surface area contributed by atoms with Gasteiger partial charge in [0.2, 0.25) is 5.91 Å². The Morgan fingerprint density at radius 3 is 3.16 bits per heavy atom. The van der Waals surface area contributed by atoms with Crippen LogP contribution in [0.3, 0.4) is 0 Å². The van der Waals surface area contributed by atoms with Gasteiger partial charge < -0.3 is 10.6 Å². The Balaban J connectivity index is 1.88. The molecule has 1 atom stereocenters. The molecule has 1 amide bonds. The van der Waals surface area contributed by atoms with Crippen molar-refractivity contribution in [3.05, 3.63) is 29.3 Å². The van der Waals surface area contributed by atoms with Gasteiger partial charge in [-0.3, -0.25) is 9.78 Å². The molecule has 0 saturated heterocycles. The van der Waals surface area contributed by atoms with Crippen molar-refractivity contribution in [3.8, 4) is 0 Å². The van der Waals surface area contributed by atoms with Gasteiger partial charge in [-0.25, -0.2) is 0 Å². The van der Waals surface area contributed by atoms with Gasteiger partial charge >= 0.3 is 0 Å². The first-order chi connectivity index (χ1) is 9.20. The molecule has 0 fully saturated rings.